The standard InChI is InChI=1S/C30H28N2O4S/c1-5-36-22-14-15-23-24(16-22)37-30(31-23)32-26(20-12-10-19(11-13-20)17(2)3)25(28(34)29(32)35)27(33)21-8-6-18(4)7-9-21/h6-17,26,33H,5H2,1-4H3/b27-25+/t26-/m1/s1. The number of Topliss-reactive ketones (excluding diaryl/α,β-unsaturated/α-hetero) is 1. The van der Waals surface area contributed by atoms with E-state index in [4.69, 9.17) is 9.72 Å². The summed E-state index contributed by atoms with van der Waals surface area (Å²) in [5.41, 5.74) is 4.14. The predicted molar refractivity (Wildman–Crippen MR) is 147 cm³/mol. The third-order valence-corrected chi connectivity index (χ3v) is 7.57. The first kappa shape index (κ1) is 24.7. The summed E-state index contributed by atoms with van der Waals surface area (Å²) in [6.45, 7) is 8.62. The van der Waals surface area contributed by atoms with E-state index >= 15 is 0 Å². The lowest BCUT2D eigenvalue weighted by molar-refractivity contribution is -0.132. The van der Waals surface area contributed by atoms with Crippen molar-refractivity contribution in [1.82, 2.24) is 4.98 Å². The summed E-state index contributed by atoms with van der Waals surface area (Å²) in [4.78, 5) is 33.0. The average molecular weight is 513 g/mol. The number of carbonyl (C=O) groups is 2. The summed E-state index contributed by atoms with van der Waals surface area (Å²) < 4.78 is 6.46. The number of ketones is 1. The van der Waals surface area contributed by atoms with Crippen LogP contribution in [0.15, 0.2) is 72.3 Å². The molecule has 1 aliphatic heterocycles. The highest BCUT2D eigenvalue weighted by atomic mass is 32.1. The number of aliphatic hydroxyl groups excluding tert-OH is 1. The van der Waals surface area contributed by atoms with Gasteiger partial charge in [-0.25, -0.2) is 4.98 Å². The number of hydrogen-bond acceptors (Lipinski definition) is 6. The Kier molecular flexibility index (Phi) is 6.56. The van der Waals surface area contributed by atoms with Crippen molar-refractivity contribution in [3.05, 3.63) is 94.6 Å². The Bertz CT molecular complexity index is 1520. The third-order valence-electron chi connectivity index (χ3n) is 6.55. The highest BCUT2D eigenvalue weighted by Gasteiger charge is 2.48. The fourth-order valence-electron chi connectivity index (χ4n) is 4.53. The largest absolute Gasteiger partial charge is 0.507 e. The summed E-state index contributed by atoms with van der Waals surface area (Å²) in [6.07, 6.45) is 0. The molecule has 4 aromatic rings. The number of rotatable bonds is 6. The van der Waals surface area contributed by atoms with Crippen LogP contribution in [0.5, 0.6) is 5.75 Å². The number of carbonyl (C=O) groups excluding carboxylic acids is 2. The molecule has 1 fully saturated rings. The molecule has 1 amide bonds. The third kappa shape index (κ3) is 4.51. The number of nitrogens with zero attached hydrogens (tertiary/aromatic N) is 2. The van der Waals surface area contributed by atoms with Crippen LogP contribution < -0.4 is 9.64 Å². The lowest BCUT2D eigenvalue weighted by Crippen LogP contribution is -2.29. The van der Waals surface area contributed by atoms with E-state index in [2.05, 4.69) is 13.8 Å². The Balaban J connectivity index is 1.68. The highest BCUT2D eigenvalue weighted by molar-refractivity contribution is 7.22. The monoisotopic (exact) mass is 512 g/mol. The molecule has 5 rings (SSSR count). The molecular weight excluding hydrogens is 484 g/mol. The van der Waals surface area contributed by atoms with Crippen molar-refractivity contribution in [3.8, 4) is 5.75 Å². The van der Waals surface area contributed by atoms with Crippen LogP contribution in [0.4, 0.5) is 5.13 Å². The second kappa shape index (κ2) is 9.82. The lowest BCUT2D eigenvalue weighted by atomic mass is 9.93. The number of hydrogen-bond donors (Lipinski definition) is 1. The van der Waals surface area contributed by atoms with E-state index in [1.165, 1.54) is 16.2 Å². The number of ether oxygens (including phenoxy) is 1. The van der Waals surface area contributed by atoms with Gasteiger partial charge < -0.3 is 9.84 Å². The Morgan fingerprint density at radius 2 is 1.76 bits per heavy atom. The van der Waals surface area contributed by atoms with Crippen LogP contribution in [0.2, 0.25) is 0 Å². The van der Waals surface area contributed by atoms with E-state index in [0.29, 0.717) is 34.5 Å². The molecule has 0 unspecified atom stereocenters. The molecule has 1 aliphatic rings. The minimum absolute atomic E-state index is 0.0559. The number of amides is 1. The van der Waals surface area contributed by atoms with Crippen LogP contribution in [-0.2, 0) is 9.59 Å². The van der Waals surface area contributed by atoms with Gasteiger partial charge >= 0.3 is 5.91 Å². The number of anilines is 1. The van der Waals surface area contributed by atoms with Gasteiger partial charge in [0.05, 0.1) is 28.4 Å². The first-order valence-electron chi connectivity index (χ1n) is 12.3. The zero-order valence-electron chi connectivity index (χ0n) is 21.2. The van der Waals surface area contributed by atoms with Crippen LogP contribution in [0, 0.1) is 6.92 Å². The van der Waals surface area contributed by atoms with Gasteiger partial charge in [0, 0.05) is 5.56 Å². The Hall–Kier alpha value is -3.97. The maximum Gasteiger partial charge on any atom is 0.301 e. The minimum Gasteiger partial charge on any atom is -0.507 e. The quantitative estimate of drug-likeness (QED) is 0.176. The predicted octanol–water partition coefficient (Wildman–Crippen LogP) is 6.75. The number of aliphatic hydroxyl groups is 1. The molecule has 3 aromatic carbocycles. The molecular formula is C30H28N2O4S. The topological polar surface area (TPSA) is 79.7 Å². The normalized spacial score (nSPS) is 17.2. The molecule has 1 N–H and O–H groups in total. The molecule has 0 aliphatic carbocycles. The van der Waals surface area contributed by atoms with Crippen LogP contribution in [0.1, 0.15) is 55.0 Å². The van der Waals surface area contributed by atoms with Gasteiger partial charge in [0.2, 0.25) is 0 Å². The average Bonchev–Trinajstić information content (AvgIpc) is 3.42. The van der Waals surface area contributed by atoms with E-state index in [1.807, 2.05) is 68.4 Å². The van der Waals surface area contributed by atoms with Crippen molar-refractivity contribution in [1.29, 1.82) is 0 Å². The number of aryl methyl sites for hydroxylation is 1. The van der Waals surface area contributed by atoms with Crippen LogP contribution >= 0.6 is 11.3 Å². The second-order valence-electron chi connectivity index (χ2n) is 9.42. The van der Waals surface area contributed by atoms with Crippen LogP contribution in [-0.4, -0.2) is 28.4 Å². The van der Waals surface area contributed by atoms with Gasteiger partial charge in [-0.2, -0.15) is 0 Å². The number of fused-ring (bicyclic) bond motifs is 1. The maximum atomic E-state index is 13.5. The Labute approximate surface area is 219 Å². The van der Waals surface area contributed by atoms with Gasteiger partial charge in [0.25, 0.3) is 5.78 Å². The molecule has 2 heterocycles. The van der Waals surface area contributed by atoms with Gasteiger partial charge in [0.1, 0.15) is 11.5 Å². The molecule has 0 saturated carbocycles. The van der Waals surface area contributed by atoms with E-state index in [9.17, 15) is 14.7 Å². The molecule has 1 saturated heterocycles. The van der Waals surface area contributed by atoms with Crippen molar-refractivity contribution in [2.24, 2.45) is 0 Å². The second-order valence-corrected chi connectivity index (χ2v) is 10.4. The zero-order valence-corrected chi connectivity index (χ0v) is 22.0. The summed E-state index contributed by atoms with van der Waals surface area (Å²) in [7, 11) is 0. The smallest absolute Gasteiger partial charge is 0.301 e. The fourth-order valence-corrected chi connectivity index (χ4v) is 5.55. The number of thiazole rings is 1. The first-order valence-corrected chi connectivity index (χ1v) is 13.1. The molecule has 1 aromatic heterocycles. The molecule has 0 radical (unpaired) electrons. The molecule has 0 spiro atoms. The van der Waals surface area contributed by atoms with Gasteiger partial charge in [0.15, 0.2) is 5.13 Å². The summed E-state index contributed by atoms with van der Waals surface area (Å²) >= 11 is 1.32. The van der Waals surface area contributed by atoms with E-state index in [-0.39, 0.29) is 11.3 Å². The van der Waals surface area contributed by atoms with Gasteiger partial charge in [-0.1, -0.05) is 79.3 Å². The van der Waals surface area contributed by atoms with Crippen molar-refractivity contribution in [3.63, 3.8) is 0 Å². The van der Waals surface area contributed by atoms with Gasteiger partial charge in [-0.15, -0.1) is 0 Å². The molecule has 188 valence electrons. The highest BCUT2D eigenvalue weighted by Crippen LogP contribution is 2.44. The molecule has 6 nitrogen and oxygen atoms in total. The molecule has 1 atom stereocenters. The molecule has 37 heavy (non-hydrogen) atoms. The summed E-state index contributed by atoms with van der Waals surface area (Å²) in [5, 5.41) is 11.7. The van der Waals surface area contributed by atoms with Crippen LogP contribution in [0.25, 0.3) is 16.0 Å². The van der Waals surface area contributed by atoms with E-state index in [1.54, 1.807) is 12.1 Å². The van der Waals surface area contributed by atoms with Crippen molar-refractivity contribution >= 4 is 44.1 Å². The maximum absolute atomic E-state index is 13.5. The van der Waals surface area contributed by atoms with Crippen molar-refractivity contribution in [2.75, 3.05) is 11.5 Å². The van der Waals surface area contributed by atoms with Crippen LogP contribution in [0.3, 0.4) is 0 Å². The Morgan fingerprint density at radius 1 is 1.05 bits per heavy atom. The Morgan fingerprint density at radius 3 is 2.41 bits per heavy atom. The van der Waals surface area contributed by atoms with Gasteiger partial charge in [-0.3, -0.25) is 14.5 Å². The molecule has 0 bridgehead atoms. The zero-order chi connectivity index (χ0) is 26.3. The first-order chi connectivity index (χ1) is 17.8. The number of aromatic nitrogens is 1. The SMILES string of the molecule is CCOc1ccc2nc(N3C(=O)C(=O)/C(=C(/O)c4ccc(C)cc4)[C@H]3c3ccc(C(C)C)cc3)sc2c1. The van der Waals surface area contributed by atoms with Crippen molar-refractivity contribution < 1.29 is 19.4 Å². The summed E-state index contributed by atoms with van der Waals surface area (Å²) in [5.74, 6) is -0.594. The molecule has 7 heteroatoms. The van der Waals surface area contributed by atoms with Crippen molar-refractivity contribution in [2.45, 2.75) is 39.7 Å². The number of benzene rings is 3. The van der Waals surface area contributed by atoms with E-state index < -0.39 is 17.7 Å². The fraction of sp³-hybridized carbons (Fsp3) is 0.233. The van der Waals surface area contributed by atoms with E-state index in [0.717, 1.165) is 21.4 Å². The summed E-state index contributed by atoms with van der Waals surface area (Å²) in [6, 6.07) is 19.8. The lowest BCUT2D eigenvalue weighted by Gasteiger charge is -2.23. The van der Waals surface area contributed by atoms with Gasteiger partial charge in [-0.05, 0) is 49.1 Å². The minimum atomic E-state index is -0.811.